The second-order valence-corrected chi connectivity index (χ2v) is 5.13. The van der Waals surface area contributed by atoms with E-state index in [0.29, 0.717) is 18.0 Å². The van der Waals surface area contributed by atoms with Gasteiger partial charge in [0.2, 0.25) is 6.10 Å². The molecule has 1 aliphatic heterocycles. The lowest BCUT2D eigenvalue weighted by Crippen LogP contribution is -2.44. The third-order valence-electron chi connectivity index (χ3n) is 2.66. The van der Waals surface area contributed by atoms with Gasteiger partial charge < -0.3 is 14.8 Å². The SMILES string of the molecule is O=C(NCCCCI)C1COc2ccccc2O1. The number of hydrogen-bond donors (Lipinski definition) is 1. The minimum Gasteiger partial charge on any atom is -0.485 e. The van der Waals surface area contributed by atoms with Crippen LogP contribution in [0, 0.1) is 0 Å². The molecule has 1 aliphatic rings. The molecule has 1 atom stereocenters. The monoisotopic (exact) mass is 361 g/mol. The van der Waals surface area contributed by atoms with Crippen LogP contribution in [-0.2, 0) is 4.79 Å². The van der Waals surface area contributed by atoms with E-state index in [1.54, 1.807) is 0 Å². The molecule has 0 fully saturated rings. The Hall–Kier alpha value is -0.980. The molecule has 98 valence electrons. The first kappa shape index (κ1) is 13.5. The molecule has 0 saturated carbocycles. The van der Waals surface area contributed by atoms with E-state index in [9.17, 15) is 4.79 Å². The summed E-state index contributed by atoms with van der Waals surface area (Å²) in [5.74, 6) is 1.24. The Kier molecular flexibility index (Phi) is 5.10. The van der Waals surface area contributed by atoms with E-state index < -0.39 is 6.10 Å². The fourth-order valence-corrected chi connectivity index (χ4v) is 2.23. The Morgan fingerprint density at radius 3 is 2.89 bits per heavy atom. The van der Waals surface area contributed by atoms with Crippen LogP contribution >= 0.6 is 22.6 Å². The summed E-state index contributed by atoms with van der Waals surface area (Å²) in [6.45, 7) is 0.971. The number of carbonyl (C=O) groups excluding carboxylic acids is 1. The number of hydrogen-bond acceptors (Lipinski definition) is 3. The van der Waals surface area contributed by atoms with Crippen molar-refractivity contribution >= 4 is 28.5 Å². The summed E-state index contributed by atoms with van der Waals surface area (Å²) in [5.41, 5.74) is 0. The molecule has 0 aromatic heterocycles. The number of halogens is 1. The second-order valence-electron chi connectivity index (χ2n) is 4.05. The van der Waals surface area contributed by atoms with Gasteiger partial charge in [0, 0.05) is 6.54 Å². The van der Waals surface area contributed by atoms with Crippen molar-refractivity contribution in [3.63, 3.8) is 0 Å². The molecule has 1 aromatic carbocycles. The second kappa shape index (κ2) is 6.82. The van der Waals surface area contributed by atoms with Crippen LogP contribution in [0.4, 0.5) is 0 Å². The van der Waals surface area contributed by atoms with E-state index in [0.717, 1.165) is 17.3 Å². The normalized spacial score (nSPS) is 17.3. The molecule has 1 heterocycles. The predicted octanol–water partition coefficient (Wildman–Crippen LogP) is 2.16. The number of amides is 1. The molecule has 1 unspecified atom stereocenters. The predicted molar refractivity (Wildman–Crippen MR) is 77.5 cm³/mol. The molecule has 1 amide bonds. The van der Waals surface area contributed by atoms with Gasteiger partial charge in [0.05, 0.1) is 0 Å². The molecule has 0 radical (unpaired) electrons. The van der Waals surface area contributed by atoms with Crippen molar-refractivity contribution in [1.82, 2.24) is 5.32 Å². The number of carbonyl (C=O) groups is 1. The zero-order chi connectivity index (χ0) is 12.8. The Morgan fingerprint density at radius 1 is 1.33 bits per heavy atom. The van der Waals surface area contributed by atoms with Gasteiger partial charge in [0.1, 0.15) is 6.61 Å². The zero-order valence-corrected chi connectivity index (χ0v) is 12.2. The smallest absolute Gasteiger partial charge is 0.264 e. The van der Waals surface area contributed by atoms with Gasteiger partial charge in [-0.25, -0.2) is 0 Å². The Balaban J connectivity index is 1.83. The maximum atomic E-state index is 11.9. The third kappa shape index (κ3) is 3.51. The number of unbranched alkanes of at least 4 members (excludes halogenated alkanes) is 1. The molecule has 2 rings (SSSR count). The zero-order valence-electron chi connectivity index (χ0n) is 10.0. The lowest BCUT2D eigenvalue weighted by Gasteiger charge is -2.25. The molecule has 5 heteroatoms. The van der Waals surface area contributed by atoms with E-state index in [2.05, 4.69) is 27.9 Å². The molecule has 0 saturated heterocycles. The van der Waals surface area contributed by atoms with Crippen molar-refractivity contribution in [2.45, 2.75) is 18.9 Å². The van der Waals surface area contributed by atoms with Gasteiger partial charge in [0.15, 0.2) is 11.5 Å². The molecule has 0 bridgehead atoms. The van der Waals surface area contributed by atoms with Crippen molar-refractivity contribution in [2.24, 2.45) is 0 Å². The molecular formula is C13H16INO3. The average Bonchev–Trinajstić information content (AvgIpc) is 2.43. The molecule has 0 spiro atoms. The standard InChI is InChI=1S/C13H16INO3/c14-7-3-4-8-15-13(16)12-9-17-10-5-1-2-6-11(10)18-12/h1-2,5-6,12H,3-4,7-9H2,(H,15,16). The quantitative estimate of drug-likeness (QED) is 0.497. The number of nitrogens with one attached hydrogen (secondary N) is 1. The lowest BCUT2D eigenvalue weighted by atomic mass is 10.2. The first-order valence-electron chi connectivity index (χ1n) is 6.03. The van der Waals surface area contributed by atoms with Crippen LogP contribution in [0.2, 0.25) is 0 Å². The summed E-state index contributed by atoms with van der Waals surface area (Å²) in [5, 5.41) is 2.87. The third-order valence-corrected chi connectivity index (χ3v) is 3.42. The highest BCUT2D eigenvalue weighted by Gasteiger charge is 2.26. The maximum absolute atomic E-state index is 11.9. The average molecular weight is 361 g/mol. The van der Waals surface area contributed by atoms with Crippen molar-refractivity contribution in [3.8, 4) is 11.5 Å². The number of benzene rings is 1. The van der Waals surface area contributed by atoms with Crippen molar-refractivity contribution in [1.29, 1.82) is 0 Å². The van der Waals surface area contributed by atoms with Crippen LogP contribution in [0.5, 0.6) is 11.5 Å². The minimum atomic E-state index is -0.542. The minimum absolute atomic E-state index is 0.0991. The van der Waals surface area contributed by atoms with Crippen LogP contribution in [0.1, 0.15) is 12.8 Å². The van der Waals surface area contributed by atoms with Gasteiger partial charge in [-0.15, -0.1) is 0 Å². The maximum Gasteiger partial charge on any atom is 0.264 e. The molecule has 1 N–H and O–H groups in total. The van der Waals surface area contributed by atoms with Crippen LogP contribution in [0.15, 0.2) is 24.3 Å². The highest BCUT2D eigenvalue weighted by atomic mass is 127. The van der Waals surface area contributed by atoms with E-state index in [4.69, 9.17) is 9.47 Å². The largest absolute Gasteiger partial charge is 0.485 e. The van der Waals surface area contributed by atoms with Gasteiger partial charge in [-0.1, -0.05) is 34.7 Å². The van der Waals surface area contributed by atoms with Gasteiger partial charge in [-0.05, 0) is 29.4 Å². The Labute approximate surface area is 120 Å². The highest BCUT2D eigenvalue weighted by molar-refractivity contribution is 14.1. The van der Waals surface area contributed by atoms with E-state index >= 15 is 0 Å². The van der Waals surface area contributed by atoms with Crippen molar-refractivity contribution in [2.75, 3.05) is 17.6 Å². The van der Waals surface area contributed by atoms with Crippen LogP contribution in [-0.4, -0.2) is 29.6 Å². The number of rotatable bonds is 5. The van der Waals surface area contributed by atoms with Crippen LogP contribution < -0.4 is 14.8 Å². The molecule has 18 heavy (non-hydrogen) atoms. The van der Waals surface area contributed by atoms with Crippen molar-refractivity contribution in [3.05, 3.63) is 24.3 Å². The Morgan fingerprint density at radius 2 is 2.11 bits per heavy atom. The van der Waals surface area contributed by atoms with E-state index in [-0.39, 0.29) is 12.5 Å². The topological polar surface area (TPSA) is 47.6 Å². The van der Waals surface area contributed by atoms with Crippen LogP contribution in [0.3, 0.4) is 0 Å². The molecule has 1 aromatic rings. The summed E-state index contributed by atoms with van der Waals surface area (Å²) >= 11 is 2.33. The first-order valence-corrected chi connectivity index (χ1v) is 7.56. The fraction of sp³-hybridized carbons (Fsp3) is 0.462. The number of fused-ring (bicyclic) bond motifs is 1. The van der Waals surface area contributed by atoms with Crippen molar-refractivity contribution < 1.29 is 14.3 Å². The van der Waals surface area contributed by atoms with Gasteiger partial charge in [0.25, 0.3) is 5.91 Å². The van der Waals surface area contributed by atoms with E-state index in [1.807, 2.05) is 24.3 Å². The number of para-hydroxylation sites is 2. The summed E-state index contributed by atoms with van der Waals surface area (Å²) in [4.78, 5) is 11.9. The molecule has 4 nitrogen and oxygen atoms in total. The lowest BCUT2D eigenvalue weighted by molar-refractivity contribution is -0.130. The summed E-state index contributed by atoms with van der Waals surface area (Å²) < 4.78 is 12.2. The molecular weight excluding hydrogens is 345 g/mol. The van der Waals surface area contributed by atoms with Gasteiger partial charge in [-0.2, -0.15) is 0 Å². The fourth-order valence-electron chi connectivity index (χ4n) is 1.69. The van der Waals surface area contributed by atoms with E-state index in [1.165, 1.54) is 0 Å². The molecule has 0 aliphatic carbocycles. The highest BCUT2D eigenvalue weighted by Crippen LogP contribution is 2.30. The number of alkyl halides is 1. The summed E-state index contributed by atoms with van der Waals surface area (Å²) in [6.07, 6.45) is 1.57. The van der Waals surface area contributed by atoms with Crippen LogP contribution in [0.25, 0.3) is 0 Å². The van der Waals surface area contributed by atoms with Gasteiger partial charge >= 0.3 is 0 Å². The summed E-state index contributed by atoms with van der Waals surface area (Å²) in [6, 6.07) is 7.39. The first-order chi connectivity index (χ1) is 8.81. The number of ether oxygens (including phenoxy) is 2. The Bertz CT molecular complexity index is 411. The summed E-state index contributed by atoms with van der Waals surface area (Å²) in [7, 11) is 0. The van der Waals surface area contributed by atoms with Gasteiger partial charge in [-0.3, -0.25) is 4.79 Å².